The smallest absolute Gasteiger partial charge is 0.224 e. The zero-order valence-corrected chi connectivity index (χ0v) is 10.4. The van der Waals surface area contributed by atoms with Crippen molar-refractivity contribution in [2.24, 2.45) is 5.41 Å². The molecule has 1 fully saturated rings. The summed E-state index contributed by atoms with van der Waals surface area (Å²) in [5, 5.41) is 6.79. The first kappa shape index (κ1) is 11.5. The Bertz CT molecular complexity index is 376. The molecule has 1 aromatic heterocycles. The molecule has 0 unspecified atom stereocenters. The van der Waals surface area contributed by atoms with E-state index in [1.807, 2.05) is 0 Å². The molecule has 0 amide bonds. The molecule has 1 aromatic rings. The van der Waals surface area contributed by atoms with Crippen molar-refractivity contribution >= 4 is 23.4 Å². The highest BCUT2D eigenvalue weighted by molar-refractivity contribution is 6.32. The first-order valence-electron chi connectivity index (χ1n) is 5.63. The Labute approximate surface area is 101 Å². The monoisotopic (exact) mass is 240 g/mol. The summed E-state index contributed by atoms with van der Waals surface area (Å²) >= 11 is 6.03. The van der Waals surface area contributed by atoms with Gasteiger partial charge in [0, 0.05) is 13.6 Å². The molecular formula is C11H17ClN4. The molecule has 0 aromatic carbocycles. The topological polar surface area (TPSA) is 49.8 Å². The fraction of sp³-hybridized carbons (Fsp3) is 0.636. The molecule has 0 saturated heterocycles. The van der Waals surface area contributed by atoms with E-state index in [0.717, 1.165) is 12.4 Å². The number of hydrogen-bond donors (Lipinski definition) is 2. The van der Waals surface area contributed by atoms with Crippen molar-refractivity contribution < 1.29 is 0 Å². The van der Waals surface area contributed by atoms with Gasteiger partial charge in [-0.05, 0) is 24.7 Å². The summed E-state index contributed by atoms with van der Waals surface area (Å²) in [6, 6.07) is 0. The second kappa shape index (κ2) is 4.45. The third-order valence-corrected chi connectivity index (χ3v) is 3.58. The van der Waals surface area contributed by atoms with Gasteiger partial charge < -0.3 is 10.6 Å². The number of halogens is 1. The van der Waals surface area contributed by atoms with Crippen molar-refractivity contribution in [2.75, 3.05) is 24.2 Å². The molecule has 1 aliphatic rings. The summed E-state index contributed by atoms with van der Waals surface area (Å²) in [6.07, 6.45) is 5.44. The molecule has 0 aliphatic heterocycles. The minimum atomic E-state index is 0.480. The van der Waals surface area contributed by atoms with E-state index >= 15 is 0 Å². The van der Waals surface area contributed by atoms with Gasteiger partial charge in [-0.25, -0.2) is 4.98 Å². The maximum absolute atomic E-state index is 6.03. The molecular weight excluding hydrogens is 224 g/mol. The van der Waals surface area contributed by atoms with E-state index in [0.29, 0.717) is 16.4 Å². The summed E-state index contributed by atoms with van der Waals surface area (Å²) in [6.45, 7) is 3.18. The minimum Gasteiger partial charge on any atom is -0.368 e. The van der Waals surface area contributed by atoms with Crippen LogP contribution in [0.15, 0.2) is 6.20 Å². The van der Waals surface area contributed by atoms with Crippen LogP contribution in [0.2, 0.25) is 5.02 Å². The number of anilines is 2. The first-order chi connectivity index (χ1) is 7.69. The molecule has 0 bridgehead atoms. The zero-order chi connectivity index (χ0) is 11.6. The van der Waals surface area contributed by atoms with Crippen LogP contribution in [0.1, 0.15) is 26.2 Å². The SMILES string of the molecule is CCC1(CNc2nc(NC)ncc2Cl)CC1. The molecule has 1 heterocycles. The second-order valence-electron chi connectivity index (χ2n) is 4.35. The van der Waals surface area contributed by atoms with Gasteiger partial charge in [0.15, 0.2) is 5.82 Å². The number of nitrogens with one attached hydrogen (secondary N) is 2. The predicted octanol–water partition coefficient (Wildman–Crippen LogP) is 2.77. The molecule has 0 radical (unpaired) electrons. The Morgan fingerprint density at radius 2 is 2.25 bits per heavy atom. The van der Waals surface area contributed by atoms with Crippen molar-refractivity contribution in [3.05, 3.63) is 11.2 Å². The Hall–Kier alpha value is -1.03. The van der Waals surface area contributed by atoms with Crippen LogP contribution in [0, 0.1) is 5.41 Å². The number of hydrogen-bond acceptors (Lipinski definition) is 4. The lowest BCUT2D eigenvalue weighted by atomic mass is 10.0. The van der Waals surface area contributed by atoms with Gasteiger partial charge in [-0.3, -0.25) is 0 Å². The lowest BCUT2D eigenvalue weighted by Gasteiger charge is -2.14. The average Bonchev–Trinajstić information content (AvgIpc) is 3.09. The largest absolute Gasteiger partial charge is 0.368 e. The quantitative estimate of drug-likeness (QED) is 0.831. The van der Waals surface area contributed by atoms with Gasteiger partial charge in [0.1, 0.15) is 5.02 Å². The van der Waals surface area contributed by atoms with E-state index in [1.165, 1.54) is 19.3 Å². The Morgan fingerprint density at radius 1 is 1.50 bits per heavy atom. The van der Waals surface area contributed by atoms with Crippen molar-refractivity contribution in [2.45, 2.75) is 26.2 Å². The molecule has 1 saturated carbocycles. The van der Waals surface area contributed by atoms with Crippen LogP contribution in [0.3, 0.4) is 0 Å². The molecule has 88 valence electrons. The van der Waals surface area contributed by atoms with E-state index < -0.39 is 0 Å². The fourth-order valence-corrected chi connectivity index (χ4v) is 1.87. The number of aromatic nitrogens is 2. The van der Waals surface area contributed by atoms with Crippen LogP contribution in [-0.2, 0) is 0 Å². The molecule has 16 heavy (non-hydrogen) atoms. The highest BCUT2D eigenvalue weighted by atomic mass is 35.5. The maximum Gasteiger partial charge on any atom is 0.224 e. The fourth-order valence-electron chi connectivity index (χ4n) is 1.71. The van der Waals surface area contributed by atoms with Gasteiger partial charge in [0.2, 0.25) is 5.95 Å². The van der Waals surface area contributed by atoms with Crippen LogP contribution in [0.4, 0.5) is 11.8 Å². The highest BCUT2D eigenvalue weighted by Gasteiger charge is 2.40. The van der Waals surface area contributed by atoms with Crippen LogP contribution >= 0.6 is 11.6 Å². The standard InChI is InChI=1S/C11H17ClN4/c1-3-11(4-5-11)7-15-9-8(12)6-14-10(13-2)16-9/h6H,3-5,7H2,1-2H3,(H2,13,14,15,16). The van der Waals surface area contributed by atoms with E-state index in [-0.39, 0.29) is 0 Å². The minimum absolute atomic E-state index is 0.480. The van der Waals surface area contributed by atoms with Gasteiger partial charge in [-0.1, -0.05) is 18.5 Å². The van der Waals surface area contributed by atoms with Crippen LogP contribution < -0.4 is 10.6 Å². The van der Waals surface area contributed by atoms with Gasteiger partial charge >= 0.3 is 0 Å². The average molecular weight is 241 g/mol. The molecule has 0 atom stereocenters. The van der Waals surface area contributed by atoms with E-state index in [9.17, 15) is 0 Å². The lowest BCUT2D eigenvalue weighted by molar-refractivity contribution is 0.520. The molecule has 2 rings (SSSR count). The molecule has 1 aliphatic carbocycles. The third kappa shape index (κ3) is 2.38. The first-order valence-corrected chi connectivity index (χ1v) is 6.01. The summed E-state index contributed by atoms with van der Waals surface area (Å²) in [7, 11) is 1.79. The molecule has 0 spiro atoms. The molecule has 2 N–H and O–H groups in total. The van der Waals surface area contributed by atoms with Gasteiger partial charge in [-0.15, -0.1) is 0 Å². The Morgan fingerprint density at radius 3 is 2.81 bits per heavy atom. The Kier molecular flexibility index (Phi) is 3.19. The molecule has 4 nitrogen and oxygen atoms in total. The highest BCUT2D eigenvalue weighted by Crippen LogP contribution is 2.48. The van der Waals surface area contributed by atoms with Gasteiger partial charge in [0.05, 0.1) is 6.20 Å². The third-order valence-electron chi connectivity index (χ3n) is 3.31. The Balaban J connectivity index is 2.03. The number of rotatable bonds is 5. The van der Waals surface area contributed by atoms with Crippen molar-refractivity contribution in [3.63, 3.8) is 0 Å². The summed E-state index contributed by atoms with van der Waals surface area (Å²) in [5.41, 5.74) is 0.480. The maximum atomic E-state index is 6.03. The molecule has 5 heteroatoms. The van der Waals surface area contributed by atoms with Crippen molar-refractivity contribution in [3.8, 4) is 0 Å². The van der Waals surface area contributed by atoms with Crippen LogP contribution in [0.5, 0.6) is 0 Å². The number of nitrogens with zero attached hydrogens (tertiary/aromatic N) is 2. The summed E-state index contributed by atoms with van der Waals surface area (Å²) in [5.74, 6) is 1.31. The van der Waals surface area contributed by atoms with Crippen LogP contribution in [0.25, 0.3) is 0 Å². The zero-order valence-electron chi connectivity index (χ0n) is 9.68. The van der Waals surface area contributed by atoms with E-state index in [2.05, 4.69) is 27.5 Å². The summed E-state index contributed by atoms with van der Waals surface area (Å²) in [4.78, 5) is 8.33. The van der Waals surface area contributed by atoms with Crippen molar-refractivity contribution in [1.82, 2.24) is 9.97 Å². The van der Waals surface area contributed by atoms with Gasteiger partial charge in [0.25, 0.3) is 0 Å². The van der Waals surface area contributed by atoms with E-state index in [4.69, 9.17) is 11.6 Å². The van der Waals surface area contributed by atoms with Gasteiger partial charge in [-0.2, -0.15) is 4.98 Å². The predicted molar refractivity (Wildman–Crippen MR) is 67.0 cm³/mol. The van der Waals surface area contributed by atoms with E-state index in [1.54, 1.807) is 13.2 Å². The lowest BCUT2D eigenvalue weighted by Crippen LogP contribution is -2.16. The second-order valence-corrected chi connectivity index (χ2v) is 4.75. The van der Waals surface area contributed by atoms with Crippen LogP contribution in [-0.4, -0.2) is 23.6 Å². The normalized spacial score (nSPS) is 16.9. The summed E-state index contributed by atoms with van der Waals surface area (Å²) < 4.78 is 0. The van der Waals surface area contributed by atoms with Crippen molar-refractivity contribution in [1.29, 1.82) is 0 Å².